The van der Waals surface area contributed by atoms with Gasteiger partial charge < -0.3 is 64.8 Å². The molecule has 15 atom stereocenters. The maximum absolute atomic E-state index is 13.9. The van der Waals surface area contributed by atoms with Crippen LogP contribution in [0.1, 0.15) is 130 Å². The molecule has 0 aromatic heterocycles. The Bertz CT molecular complexity index is 1320. The minimum absolute atomic E-state index is 0.0808. The molecule has 2 saturated carbocycles. The van der Waals surface area contributed by atoms with E-state index in [0.717, 1.165) is 58.0 Å². The van der Waals surface area contributed by atoms with Crippen molar-refractivity contribution < 1.29 is 63.6 Å². The molecule has 2 amide bonds. The normalized spacial score (nSPS) is 37.0. The smallest absolute Gasteiger partial charge is 0.251 e. The minimum Gasteiger partial charge on any atom is -0.394 e. The summed E-state index contributed by atoms with van der Waals surface area (Å²) in [6, 6.07) is -1.15. The number of rotatable bonds is 22. The second-order valence-corrected chi connectivity index (χ2v) is 18.1. The zero-order chi connectivity index (χ0) is 43.3. The number of ketones is 1. The monoisotopic (exact) mass is 856 g/mol. The Morgan fingerprint density at radius 2 is 1.55 bits per heavy atom. The van der Waals surface area contributed by atoms with Crippen molar-refractivity contribution in [1.82, 2.24) is 15.5 Å². The van der Waals surface area contributed by atoms with Gasteiger partial charge in [-0.05, 0) is 70.4 Å². The fourth-order valence-corrected chi connectivity index (χ4v) is 9.76. The summed E-state index contributed by atoms with van der Waals surface area (Å²) in [6.07, 6.45) is -1.03. The van der Waals surface area contributed by atoms with E-state index in [1.807, 2.05) is 6.92 Å². The van der Waals surface area contributed by atoms with Crippen molar-refractivity contribution in [2.45, 2.75) is 210 Å². The first-order valence-electron chi connectivity index (χ1n) is 23.3. The highest BCUT2D eigenvalue weighted by molar-refractivity contribution is 5.82. The first kappa shape index (κ1) is 49.2. The van der Waals surface area contributed by atoms with Crippen LogP contribution >= 0.6 is 0 Å². The molecular weight excluding hydrogens is 778 g/mol. The number of amides is 2. The number of Topliss-reactive ketones (excluding diaryl/α,β-unsaturated/α-hetero) is 1. The van der Waals surface area contributed by atoms with E-state index in [1.165, 1.54) is 26.2 Å². The Labute approximate surface area is 356 Å². The highest BCUT2D eigenvalue weighted by atomic mass is 16.7. The number of carbonyl (C=O) groups excluding carboxylic acids is 3. The van der Waals surface area contributed by atoms with E-state index in [2.05, 4.69) is 17.6 Å². The molecule has 6 unspecified atom stereocenters. The van der Waals surface area contributed by atoms with Gasteiger partial charge in [-0.15, -0.1) is 0 Å². The third kappa shape index (κ3) is 13.1. The number of likely N-dealkylation sites (tertiary alicyclic amines) is 1. The van der Waals surface area contributed by atoms with Gasteiger partial charge in [-0.1, -0.05) is 71.6 Å². The van der Waals surface area contributed by atoms with Gasteiger partial charge in [0.1, 0.15) is 54.6 Å². The highest BCUT2D eigenvalue weighted by Crippen LogP contribution is 2.40. The van der Waals surface area contributed by atoms with Gasteiger partial charge in [-0.2, -0.15) is 0 Å². The van der Waals surface area contributed by atoms with E-state index < -0.39 is 98.1 Å². The molecule has 0 radical (unpaired) electrons. The van der Waals surface area contributed by atoms with Crippen molar-refractivity contribution in [2.75, 3.05) is 32.8 Å². The quantitative estimate of drug-likeness (QED) is 0.0775. The van der Waals surface area contributed by atoms with Gasteiger partial charge >= 0.3 is 0 Å². The summed E-state index contributed by atoms with van der Waals surface area (Å²) in [6.45, 7) is 9.28. The lowest BCUT2D eigenvalue weighted by Gasteiger charge is -2.49. The summed E-state index contributed by atoms with van der Waals surface area (Å²) in [5.41, 5.74) is 0. The first-order valence-corrected chi connectivity index (χ1v) is 23.3. The number of hydrogen-bond donors (Lipinski definition) is 7. The largest absolute Gasteiger partial charge is 0.394 e. The minimum atomic E-state index is -1.59. The van der Waals surface area contributed by atoms with Gasteiger partial charge in [0.05, 0.1) is 24.9 Å². The number of unbranched alkanes of at least 4 members (excludes halogenated alkanes) is 3. The molecule has 346 valence electrons. The predicted octanol–water partition coefficient (Wildman–Crippen LogP) is 2.08. The number of aliphatic hydroxyl groups is 5. The SMILES string of the molecule is CCCCCCNCCCC(=O)C1CC(CC)[C@@H](O[C@@H]2OC(C)[C@@H](O)[C@H](O)C2O)[C@H](O[C@@H]2O[C@@H](CO)[C@H](O)C(O[C@@H](CC3CCCCC3)C(=O)N3CCC3)C2NC(C)=O)C1. The van der Waals surface area contributed by atoms with Crippen LogP contribution in [0.15, 0.2) is 0 Å². The standard InChI is InChI=1S/C44H77N3O13/c1-5-7-8-12-18-45-19-13-17-31(50)30-23-29(6-2)40(60-44-39(54)38(53)36(51)26(3)56-44)32(24-30)58-43-35(46-27(4)49)41(37(52)34(25-48)59-43)57-33(42(55)47-20-14-21-47)22-28-15-10-9-11-16-28/h26,28-30,32-41,43-45,48,51-54H,5-25H2,1-4H3,(H,46,49)/t26?,29?,30?,32-,33+,34+,35?,36-,37+,38+,39?,40-,41?,43-,44+/m1/s1. The lowest BCUT2D eigenvalue weighted by atomic mass is 9.74. The maximum Gasteiger partial charge on any atom is 0.251 e. The van der Waals surface area contributed by atoms with Crippen LogP contribution in [0, 0.1) is 17.8 Å². The number of carbonyl (C=O) groups is 3. The molecule has 2 aliphatic carbocycles. The Morgan fingerprint density at radius 1 is 0.817 bits per heavy atom. The van der Waals surface area contributed by atoms with E-state index in [4.69, 9.17) is 23.7 Å². The van der Waals surface area contributed by atoms with Gasteiger partial charge in [-0.3, -0.25) is 14.4 Å². The predicted molar refractivity (Wildman–Crippen MR) is 220 cm³/mol. The molecule has 3 heterocycles. The summed E-state index contributed by atoms with van der Waals surface area (Å²) in [5, 5.41) is 60.6. The molecule has 60 heavy (non-hydrogen) atoms. The zero-order valence-corrected chi connectivity index (χ0v) is 36.5. The molecule has 16 nitrogen and oxygen atoms in total. The number of nitrogens with zero attached hydrogens (tertiary/aromatic N) is 1. The van der Waals surface area contributed by atoms with Gasteiger partial charge in [0.25, 0.3) is 5.91 Å². The van der Waals surface area contributed by atoms with E-state index in [1.54, 1.807) is 11.8 Å². The first-order chi connectivity index (χ1) is 28.9. The van der Waals surface area contributed by atoms with Crippen LogP contribution in [0.2, 0.25) is 0 Å². The number of nitrogens with one attached hydrogen (secondary N) is 2. The van der Waals surface area contributed by atoms with Crippen molar-refractivity contribution in [3.63, 3.8) is 0 Å². The Balaban J connectivity index is 1.40. The van der Waals surface area contributed by atoms with E-state index in [-0.39, 0.29) is 29.9 Å². The molecule has 16 heteroatoms. The average Bonchev–Trinajstić information content (AvgIpc) is 3.21. The van der Waals surface area contributed by atoms with Gasteiger partial charge in [0, 0.05) is 32.4 Å². The second-order valence-electron chi connectivity index (χ2n) is 18.1. The maximum atomic E-state index is 13.9. The van der Waals surface area contributed by atoms with Gasteiger partial charge in [0.2, 0.25) is 5.91 Å². The average molecular weight is 856 g/mol. The molecule has 0 aromatic rings. The van der Waals surface area contributed by atoms with Crippen molar-refractivity contribution in [2.24, 2.45) is 17.8 Å². The Kier molecular flexibility index (Phi) is 19.9. The zero-order valence-electron chi connectivity index (χ0n) is 36.5. The fourth-order valence-electron chi connectivity index (χ4n) is 9.76. The van der Waals surface area contributed by atoms with E-state index >= 15 is 0 Å². The van der Waals surface area contributed by atoms with Crippen molar-refractivity contribution in [1.29, 1.82) is 0 Å². The third-order valence-corrected chi connectivity index (χ3v) is 13.6. The van der Waals surface area contributed by atoms with Crippen LogP contribution in [0.4, 0.5) is 0 Å². The summed E-state index contributed by atoms with van der Waals surface area (Å²) in [7, 11) is 0. The van der Waals surface area contributed by atoms with Crippen LogP contribution in [-0.4, -0.2) is 160 Å². The highest BCUT2D eigenvalue weighted by Gasteiger charge is 2.53. The Hall–Kier alpha value is -1.83. The van der Waals surface area contributed by atoms with Crippen molar-refractivity contribution >= 4 is 17.6 Å². The summed E-state index contributed by atoms with van der Waals surface area (Å²) in [5.74, 6) is -1.00. The Morgan fingerprint density at radius 3 is 2.20 bits per heavy atom. The second kappa shape index (κ2) is 24.3. The molecule has 0 bridgehead atoms. The van der Waals surface area contributed by atoms with Gasteiger partial charge in [0.15, 0.2) is 12.6 Å². The molecule has 3 saturated heterocycles. The molecule has 5 fully saturated rings. The molecular formula is C44H77N3O13. The third-order valence-electron chi connectivity index (χ3n) is 13.6. The van der Waals surface area contributed by atoms with Crippen molar-refractivity contribution in [3.8, 4) is 0 Å². The molecule has 3 aliphatic heterocycles. The van der Waals surface area contributed by atoms with Crippen LogP contribution in [0.25, 0.3) is 0 Å². The van der Waals surface area contributed by atoms with Crippen LogP contribution in [0.5, 0.6) is 0 Å². The van der Waals surface area contributed by atoms with Crippen LogP contribution in [-0.2, 0) is 38.1 Å². The van der Waals surface area contributed by atoms with Crippen LogP contribution in [0.3, 0.4) is 0 Å². The number of hydrogen-bond acceptors (Lipinski definition) is 14. The number of ether oxygens (including phenoxy) is 5. The summed E-state index contributed by atoms with van der Waals surface area (Å²) in [4.78, 5) is 42.5. The topological polar surface area (TPSA) is 226 Å². The van der Waals surface area contributed by atoms with E-state index in [9.17, 15) is 39.9 Å². The molecule has 0 spiro atoms. The van der Waals surface area contributed by atoms with Crippen LogP contribution < -0.4 is 10.6 Å². The number of aliphatic hydroxyl groups excluding tert-OH is 5. The van der Waals surface area contributed by atoms with Crippen molar-refractivity contribution in [3.05, 3.63) is 0 Å². The lowest BCUT2D eigenvalue weighted by Crippen LogP contribution is -2.67. The van der Waals surface area contributed by atoms with Gasteiger partial charge in [-0.25, -0.2) is 0 Å². The molecule has 5 aliphatic rings. The molecule has 0 aromatic carbocycles. The molecule has 7 N–H and O–H groups in total. The lowest BCUT2D eigenvalue weighted by molar-refractivity contribution is -0.338. The summed E-state index contributed by atoms with van der Waals surface area (Å²) >= 11 is 0. The summed E-state index contributed by atoms with van der Waals surface area (Å²) < 4.78 is 32.1. The fraction of sp³-hybridized carbons (Fsp3) is 0.932. The van der Waals surface area contributed by atoms with E-state index in [0.29, 0.717) is 45.2 Å². The molecule has 5 rings (SSSR count).